The van der Waals surface area contributed by atoms with Crippen LogP contribution in [0.2, 0.25) is 10.0 Å². The van der Waals surface area contributed by atoms with Crippen LogP contribution in [0.5, 0.6) is 0 Å². The number of carbonyl (C=O) groups is 1. The number of hydrogen-bond donors (Lipinski definition) is 1. The summed E-state index contributed by atoms with van der Waals surface area (Å²) < 4.78 is 2.07. The minimum atomic E-state index is 0.0217. The van der Waals surface area contributed by atoms with Gasteiger partial charge in [0.2, 0.25) is 5.91 Å². The molecule has 0 aliphatic carbocycles. The highest BCUT2D eigenvalue weighted by atomic mass is 35.5. The summed E-state index contributed by atoms with van der Waals surface area (Å²) in [5.41, 5.74) is 4.06. The number of imidazole rings is 1. The lowest BCUT2D eigenvalue weighted by atomic mass is 10.1. The first-order chi connectivity index (χ1) is 12.8. The van der Waals surface area contributed by atoms with Crippen LogP contribution < -0.4 is 5.32 Å². The Balaban J connectivity index is 1.96. The summed E-state index contributed by atoms with van der Waals surface area (Å²) >= 11 is 12.4. The van der Waals surface area contributed by atoms with E-state index in [2.05, 4.69) is 35.0 Å². The average molecular weight is 404 g/mol. The Kier molecular flexibility index (Phi) is 6.08. The number of aromatic nitrogens is 2. The summed E-state index contributed by atoms with van der Waals surface area (Å²) in [4.78, 5) is 16.9. The summed E-state index contributed by atoms with van der Waals surface area (Å²) in [5, 5.41) is 3.90. The number of nitrogens with one attached hydrogen (secondary N) is 1. The van der Waals surface area contributed by atoms with Crippen molar-refractivity contribution in [2.45, 2.75) is 46.2 Å². The van der Waals surface area contributed by atoms with Crippen molar-refractivity contribution in [1.29, 1.82) is 0 Å². The first kappa shape index (κ1) is 19.7. The van der Waals surface area contributed by atoms with E-state index in [-0.39, 0.29) is 11.9 Å². The van der Waals surface area contributed by atoms with E-state index in [1.807, 2.05) is 26.0 Å². The molecule has 0 fully saturated rings. The fraction of sp³-hybridized carbons (Fsp3) is 0.333. The van der Waals surface area contributed by atoms with Gasteiger partial charge in [-0.05, 0) is 38.5 Å². The van der Waals surface area contributed by atoms with Gasteiger partial charge in [-0.2, -0.15) is 0 Å². The van der Waals surface area contributed by atoms with Crippen LogP contribution in [0.1, 0.15) is 37.2 Å². The van der Waals surface area contributed by atoms with E-state index in [1.54, 1.807) is 6.07 Å². The predicted molar refractivity (Wildman–Crippen MR) is 112 cm³/mol. The zero-order valence-electron chi connectivity index (χ0n) is 15.7. The van der Waals surface area contributed by atoms with Crippen molar-refractivity contribution in [1.82, 2.24) is 14.9 Å². The van der Waals surface area contributed by atoms with Crippen LogP contribution in [-0.4, -0.2) is 21.5 Å². The van der Waals surface area contributed by atoms with Crippen molar-refractivity contribution < 1.29 is 4.79 Å². The van der Waals surface area contributed by atoms with E-state index in [0.29, 0.717) is 29.4 Å². The molecule has 0 saturated heterocycles. The van der Waals surface area contributed by atoms with Crippen LogP contribution in [0.25, 0.3) is 11.0 Å². The van der Waals surface area contributed by atoms with E-state index in [4.69, 9.17) is 28.2 Å². The fourth-order valence-corrected chi connectivity index (χ4v) is 3.48. The number of rotatable bonds is 6. The largest absolute Gasteiger partial charge is 0.354 e. The third-order valence-electron chi connectivity index (χ3n) is 4.33. The molecule has 1 aromatic heterocycles. The molecule has 0 radical (unpaired) electrons. The number of benzene rings is 2. The smallest absolute Gasteiger partial charge is 0.221 e. The molecule has 0 spiro atoms. The molecule has 3 rings (SSSR count). The number of hydrogen-bond acceptors (Lipinski definition) is 2. The minimum Gasteiger partial charge on any atom is -0.354 e. The van der Waals surface area contributed by atoms with Gasteiger partial charge in [-0.1, -0.05) is 53.0 Å². The lowest BCUT2D eigenvalue weighted by Gasteiger charge is -2.12. The van der Waals surface area contributed by atoms with Crippen LogP contribution in [0, 0.1) is 6.92 Å². The highest BCUT2D eigenvalue weighted by Gasteiger charge is 2.15. The zero-order chi connectivity index (χ0) is 19.6. The van der Waals surface area contributed by atoms with Crippen LogP contribution in [0.3, 0.4) is 0 Å². The highest BCUT2D eigenvalue weighted by molar-refractivity contribution is 6.42. The lowest BCUT2D eigenvalue weighted by molar-refractivity contribution is -0.121. The van der Waals surface area contributed by atoms with E-state index >= 15 is 0 Å². The van der Waals surface area contributed by atoms with Crippen LogP contribution >= 0.6 is 23.2 Å². The SMILES string of the molecule is Cc1cccc(Cc2nc3cc(Cl)c(Cl)cc3n2CCC(=O)NC(C)C)c1. The molecule has 0 bridgehead atoms. The number of halogens is 2. The maximum absolute atomic E-state index is 12.1. The standard InChI is InChI=1S/C21H23Cl2N3O/c1-13(2)24-21(27)7-8-26-19-12-17(23)16(22)11-18(19)25-20(26)10-15-6-4-5-14(3)9-15/h4-6,9,11-13H,7-8,10H2,1-3H3,(H,24,27). The third kappa shape index (κ3) is 4.82. The van der Waals surface area contributed by atoms with Crippen molar-refractivity contribution in [2.75, 3.05) is 0 Å². The third-order valence-corrected chi connectivity index (χ3v) is 5.05. The van der Waals surface area contributed by atoms with E-state index in [1.165, 1.54) is 11.1 Å². The molecule has 1 N–H and O–H groups in total. The van der Waals surface area contributed by atoms with Crippen molar-refractivity contribution in [3.63, 3.8) is 0 Å². The predicted octanol–water partition coefficient (Wildman–Crippen LogP) is 5.16. The molecular weight excluding hydrogens is 381 g/mol. The highest BCUT2D eigenvalue weighted by Crippen LogP contribution is 2.29. The number of nitrogens with zero attached hydrogens (tertiary/aromatic N) is 2. The van der Waals surface area contributed by atoms with Gasteiger partial charge in [0.25, 0.3) is 0 Å². The van der Waals surface area contributed by atoms with Gasteiger partial charge in [-0.15, -0.1) is 0 Å². The molecule has 0 atom stereocenters. The van der Waals surface area contributed by atoms with E-state index in [0.717, 1.165) is 16.9 Å². The molecule has 3 aromatic rings. The van der Waals surface area contributed by atoms with Gasteiger partial charge in [-0.3, -0.25) is 4.79 Å². The van der Waals surface area contributed by atoms with E-state index in [9.17, 15) is 4.79 Å². The van der Waals surface area contributed by atoms with Gasteiger partial charge in [-0.25, -0.2) is 4.98 Å². The summed E-state index contributed by atoms with van der Waals surface area (Å²) in [6.45, 7) is 6.52. The summed E-state index contributed by atoms with van der Waals surface area (Å²) in [6, 6.07) is 12.1. The van der Waals surface area contributed by atoms with Crippen LogP contribution in [0.15, 0.2) is 36.4 Å². The maximum atomic E-state index is 12.1. The van der Waals surface area contributed by atoms with Crippen molar-refractivity contribution in [2.24, 2.45) is 0 Å². The Morgan fingerprint density at radius 1 is 1.19 bits per heavy atom. The first-order valence-electron chi connectivity index (χ1n) is 9.02. The second kappa shape index (κ2) is 8.32. The Morgan fingerprint density at radius 3 is 2.63 bits per heavy atom. The van der Waals surface area contributed by atoms with Crippen LogP contribution in [0.4, 0.5) is 0 Å². The van der Waals surface area contributed by atoms with Crippen LogP contribution in [-0.2, 0) is 17.8 Å². The molecule has 6 heteroatoms. The number of aryl methyl sites for hydroxylation is 2. The van der Waals surface area contributed by atoms with Gasteiger partial charge in [0, 0.05) is 25.4 Å². The topological polar surface area (TPSA) is 46.9 Å². The second-order valence-electron chi connectivity index (χ2n) is 7.07. The number of fused-ring (bicyclic) bond motifs is 1. The summed E-state index contributed by atoms with van der Waals surface area (Å²) in [5.74, 6) is 0.916. The molecule has 0 aliphatic rings. The Morgan fingerprint density at radius 2 is 1.93 bits per heavy atom. The molecule has 1 heterocycles. The van der Waals surface area contributed by atoms with Gasteiger partial charge in [0.15, 0.2) is 0 Å². The average Bonchev–Trinajstić information content (AvgIpc) is 2.89. The van der Waals surface area contributed by atoms with Gasteiger partial charge in [0.05, 0.1) is 21.1 Å². The Labute approximate surface area is 169 Å². The molecule has 27 heavy (non-hydrogen) atoms. The first-order valence-corrected chi connectivity index (χ1v) is 9.78. The normalized spacial score (nSPS) is 11.3. The summed E-state index contributed by atoms with van der Waals surface area (Å²) in [7, 11) is 0. The van der Waals surface area contributed by atoms with Gasteiger partial charge >= 0.3 is 0 Å². The number of amides is 1. The zero-order valence-corrected chi connectivity index (χ0v) is 17.2. The lowest BCUT2D eigenvalue weighted by Crippen LogP contribution is -2.30. The molecule has 1 amide bonds. The second-order valence-corrected chi connectivity index (χ2v) is 7.89. The molecule has 0 saturated carbocycles. The number of carbonyl (C=O) groups excluding carboxylic acids is 1. The fourth-order valence-electron chi connectivity index (χ4n) is 3.17. The quantitative estimate of drug-likeness (QED) is 0.617. The maximum Gasteiger partial charge on any atom is 0.221 e. The molecule has 142 valence electrons. The van der Waals surface area contributed by atoms with Crippen molar-refractivity contribution in [3.05, 3.63) is 63.4 Å². The van der Waals surface area contributed by atoms with Crippen molar-refractivity contribution >= 4 is 40.1 Å². The molecule has 4 nitrogen and oxygen atoms in total. The minimum absolute atomic E-state index is 0.0217. The Bertz CT molecular complexity index is 979. The molecule has 2 aromatic carbocycles. The molecular formula is C21H23Cl2N3O. The summed E-state index contributed by atoms with van der Waals surface area (Å²) in [6.07, 6.45) is 1.06. The monoisotopic (exact) mass is 403 g/mol. The van der Waals surface area contributed by atoms with Gasteiger partial charge in [0.1, 0.15) is 5.82 Å². The van der Waals surface area contributed by atoms with E-state index < -0.39 is 0 Å². The molecule has 0 aliphatic heterocycles. The Hall–Kier alpha value is -2.04. The van der Waals surface area contributed by atoms with Gasteiger partial charge < -0.3 is 9.88 Å². The van der Waals surface area contributed by atoms with Crippen molar-refractivity contribution in [3.8, 4) is 0 Å². The molecule has 0 unspecified atom stereocenters.